The van der Waals surface area contributed by atoms with Crippen LogP contribution in [-0.4, -0.2) is 58.9 Å². The van der Waals surface area contributed by atoms with Crippen LogP contribution >= 0.6 is 11.3 Å². The predicted molar refractivity (Wildman–Crippen MR) is 136 cm³/mol. The molecule has 1 atom stereocenters. The van der Waals surface area contributed by atoms with Crippen LogP contribution < -0.4 is 10.2 Å². The standard InChI is InChI=1S/C24H28N6O4S2/c1-16-22(17(2)30(27-16)15-21(31)29-12-9-18-6-3-4-8-20(18)29)36(33,34)28-11-5-7-19(14-28)23(32)26-24-25-10-13-35-24/h3-4,6,8,10,13,19H,5,7,9,11-12,14-15H2,1-2H3,(H,25,26,32)/t19-/m0/s1. The maximum Gasteiger partial charge on any atom is 0.248 e. The molecule has 190 valence electrons. The monoisotopic (exact) mass is 528 g/mol. The molecule has 2 amide bonds. The van der Waals surface area contributed by atoms with Gasteiger partial charge in [0, 0.05) is 36.9 Å². The zero-order valence-electron chi connectivity index (χ0n) is 20.2. The molecule has 36 heavy (non-hydrogen) atoms. The van der Waals surface area contributed by atoms with Crippen molar-refractivity contribution in [3.8, 4) is 0 Å². The smallest absolute Gasteiger partial charge is 0.248 e. The molecule has 0 radical (unpaired) electrons. The van der Waals surface area contributed by atoms with E-state index in [1.807, 2.05) is 24.3 Å². The van der Waals surface area contributed by atoms with Crippen molar-refractivity contribution in [1.29, 1.82) is 0 Å². The van der Waals surface area contributed by atoms with Crippen molar-refractivity contribution in [1.82, 2.24) is 19.1 Å². The number of para-hydroxylation sites is 1. The molecule has 0 unspecified atom stereocenters. The summed E-state index contributed by atoms with van der Waals surface area (Å²) in [5.74, 6) is -0.832. The van der Waals surface area contributed by atoms with Gasteiger partial charge in [-0.15, -0.1) is 11.3 Å². The number of hydrogen-bond acceptors (Lipinski definition) is 7. The Bertz CT molecular complexity index is 1400. The highest BCUT2D eigenvalue weighted by atomic mass is 32.2. The number of rotatable bonds is 6. The van der Waals surface area contributed by atoms with Gasteiger partial charge in [0.25, 0.3) is 0 Å². The number of aryl methyl sites for hydroxylation is 1. The van der Waals surface area contributed by atoms with Gasteiger partial charge >= 0.3 is 0 Å². The van der Waals surface area contributed by atoms with Crippen molar-refractivity contribution in [3.05, 3.63) is 52.8 Å². The molecule has 0 bridgehead atoms. The molecule has 10 nitrogen and oxygen atoms in total. The summed E-state index contributed by atoms with van der Waals surface area (Å²) in [6.07, 6.45) is 3.58. The van der Waals surface area contributed by atoms with Gasteiger partial charge in [0.05, 0.1) is 17.3 Å². The lowest BCUT2D eigenvalue weighted by molar-refractivity contribution is -0.121. The van der Waals surface area contributed by atoms with Crippen LogP contribution in [0.15, 0.2) is 40.7 Å². The second kappa shape index (κ2) is 9.75. The van der Waals surface area contributed by atoms with E-state index >= 15 is 0 Å². The topological polar surface area (TPSA) is 118 Å². The number of hydrogen-bond donors (Lipinski definition) is 1. The van der Waals surface area contributed by atoms with Crippen molar-refractivity contribution in [3.63, 3.8) is 0 Å². The summed E-state index contributed by atoms with van der Waals surface area (Å²) in [5, 5.41) is 9.46. The van der Waals surface area contributed by atoms with Crippen LogP contribution in [-0.2, 0) is 32.6 Å². The zero-order valence-corrected chi connectivity index (χ0v) is 21.8. The largest absolute Gasteiger partial charge is 0.310 e. The van der Waals surface area contributed by atoms with Crippen LogP contribution in [0.4, 0.5) is 10.8 Å². The van der Waals surface area contributed by atoms with Crippen molar-refractivity contribution in [2.45, 2.75) is 44.6 Å². The predicted octanol–water partition coefficient (Wildman–Crippen LogP) is 2.59. The first kappa shape index (κ1) is 24.6. The first-order valence-electron chi connectivity index (χ1n) is 11.9. The highest BCUT2D eigenvalue weighted by Crippen LogP contribution is 2.30. The van der Waals surface area contributed by atoms with E-state index in [1.54, 1.807) is 30.3 Å². The van der Waals surface area contributed by atoms with Crippen LogP contribution in [0.5, 0.6) is 0 Å². The lowest BCUT2D eigenvalue weighted by atomic mass is 9.99. The molecule has 2 aliphatic heterocycles. The number of amides is 2. The number of carbonyl (C=O) groups is 2. The average Bonchev–Trinajstić information content (AvgIpc) is 3.59. The van der Waals surface area contributed by atoms with Gasteiger partial charge in [-0.2, -0.15) is 9.40 Å². The minimum Gasteiger partial charge on any atom is -0.310 e. The normalized spacial score (nSPS) is 18.3. The van der Waals surface area contributed by atoms with Crippen molar-refractivity contribution in [2.75, 3.05) is 29.9 Å². The van der Waals surface area contributed by atoms with Gasteiger partial charge in [-0.05, 0) is 44.7 Å². The number of fused-ring (bicyclic) bond motifs is 1. The Morgan fingerprint density at radius 3 is 2.78 bits per heavy atom. The second-order valence-corrected chi connectivity index (χ2v) is 11.9. The lowest BCUT2D eigenvalue weighted by Gasteiger charge is -2.31. The summed E-state index contributed by atoms with van der Waals surface area (Å²) in [4.78, 5) is 31.7. The van der Waals surface area contributed by atoms with Gasteiger partial charge in [-0.3, -0.25) is 14.3 Å². The van der Waals surface area contributed by atoms with E-state index in [2.05, 4.69) is 15.4 Å². The third kappa shape index (κ3) is 4.56. The van der Waals surface area contributed by atoms with E-state index < -0.39 is 15.9 Å². The zero-order chi connectivity index (χ0) is 25.4. The van der Waals surface area contributed by atoms with Crippen molar-refractivity contribution >= 4 is 44.0 Å². The summed E-state index contributed by atoms with van der Waals surface area (Å²) < 4.78 is 30.2. The molecule has 1 fully saturated rings. The van der Waals surface area contributed by atoms with E-state index in [4.69, 9.17) is 0 Å². The highest BCUT2D eigenvalue weighted by molar-refractivity contribution is 7.89. The molecule has 4 heterocycles. The number of thiazole rings is 1. The Kier molecular flexibility index (Phi) is 6.66. The number of anilines is 2. The summed E-state index contributed by atoms with van der Waals surface area (Å²) in [5.41, 5.74) is 2.78. The summed E-state index contributed by atoms with van der Waals surface area (Å²) >= 11 is 1.32. The molecular weight excluding hydrogens is 500 g/mol. The van der Waals surface area contributed by atoms with Gasteiger partial charge < -0.3 is 10.2 Å². The summed E-state index contributed by atoms with van der Waals surface area (Å²) in [6.45, 7) is 4.29. The number of carbonyl (C=O) groups excluding carboxylic acids is 2. The van der Waals surface area contributed by atoms with E-state index in [-0.39, 0.29) is 29.8 Å². The van der Waals surface area contributed by atoms with E-state index in [0.717, 1.165) is 17.7 Å². The van der Waals surface area contributed by atoms with Crippen molar-refractivity contribution < 1.29 is 18.0 Å². The van der Waals surface area contributed by atoms with Crippen LogP contribution in [0.1, 0.15) is 29.8 Å². The van der Waals surface area contributed by atoms with Gasteiger partial charge in [0.2, 0.25) is 21.8 Å². The molecule has 1 saturated heterocycles. The minimum atomic E-state index is -3.90. The SMILES string of the molecule is Cc1nn(CC(=O)N2CCc3ccccc32)c(C)c1S(=O)(=O)N1CCC[C@H](C(=O)Nc2nccs2)C1. The fourth-order valence-corrected chi connectivity index (χ4v) is 7.44. The number of aromatic nitrogens is 3. The maximum absolute atomic E-state index is 13.7. The average molecular weight is 529 g/mol. The quantitative estimate of drug-likeness (QED) is 0.526. The third-order valence-electron chi connectivity index (χ3n) is 6.80. The molecule has 1 N–H and O–H groups in total. The first-order chi connectivity index (χ1) is 17.3. The molecule has 2 aromatic heterocycles. The van der Waals surface area contributed by atoms with Gasteiger partial charge in [0.15, 0.2) is 5.13 Å². The Morgan fingerprint density at radius 1 is 1.19 bits per heavy atom. The van der Waals surface area contributed by atoms with Crippen molar-refractivity contribution in [2.24, 2.45) is 5.92 Å². The highest BCUT2D eigenvalue weighted by Gasteiger charge is 2.37. The van der Waals surface area contributed by atoms with E-state index in [9.17, 15) is 18.0 Å². The second-order valence-electron chi connectivity index (χ2n) is 9.11. The first-order valence-corrected chi connectivity index (χ1v) is 14.2. The molecule has 3 aromatic rings. The molecule has 2 aliphatic rings. The fraction of sp³-hybridized carbons (Fsp3) is 0.417. The molecule has 12 heteroatoms. The molecule has 5 rings (SSSR count). The minimum absolute atomic E-state index is 0.0463. The fourth-order valence-electron chi connectivity index (χ4n) is 5.01. The molecule has 0 aliphatic carbocycles. The van der Waals surface area contributed by atoms with Gasteiger partial charge in [-0.25, -0.2) is 13.4 Å². The maximum atomic E-state index is 13.7. The molecule has 1 aromatic carbocycles. The van der Waals surface area contributed by atoms with Crippen LogP contribution in [0, 0.1) is 19.8 Å². The molecule has 0 saturated carbocycles. The number of sulfonamides is 1. The van der Waals surface area contributed by atoms with E-state index in [0.29, 0.717) is 42.5 Å². The Labute approximate surface area is 214 Å². The number of nitrogens with zero attached hydrogens (tertiary/aromatic N) is 5. The lowest BCUT2D eigenvalue weighted by Crippen LogP contribution is -2.44. The Hall–Kier alpha value is -3.09. The van der Waals surface area contributed by atoms with E-state index in [1.165, 1.54) is 20.3 Å². The van der Waals surface area contributed by atoms with Crippen LogP contribution in [0.25, 0.3) is 0 Å². The molecular formula is C24H28N6O4S2. The van der Waals surface area contributed by atoms with Crippen LogP contribution in [0.2, 0.25) is 0 Å². The Morgan fingerprint density at radius 2 is 2.00 bits per heavy atom. The number of nitrogens with one attached hydrogen (secondary N) is 1. The van der Waals surface area contributed by atoms with Gasteiger partial charge in [0.1, 0.15) is 11.4 Å². The summed E-state index contributed by atoms with van der Waals surface area (Å²) in [6, 6.07) is 7.80. The number of benzene rings is 1. The molecule has 0 spiro atoms. The van der Waals surface area contributed by atoms with Crippen LogP contribution in [0.3, 0.4) is 0 Å². The Balaban J connectivity index is 1.33. The third-order valence-corrected chi connectivity index (χ3v) is 9.61. The van der Waals surface area contributed by atoms with Gasteiger partial charge in [-0.1, -0.05) is 18.2 Å². The summed E-state index contributed by atoms with van der Waals surface area (Å²) in [7, 11) is -3.90. The number of piperidine rings is 1.